The maximum absolute atomic E-state index is 11.0. The van der Waals surface area contributed by atoms with Gasteiger partial charge in [-0.1, -0.05) is 0 Å². The van der Waals surface area contributed by atoms with Crippen molar-refractivity contribution in [3.05, 3.63) is 0 Å². The number of hydrogen-bond donors (Lipinski definition) is 0. The van der Waals surface area contributed by atoms with Gasteiger partial charge in [-0.2, -0.15) is 0 Å². The first kappa shape index (κ1) is 11.9. The van der Waals surface area contributed by atoms with Crippen LogP contribution in [0.5, 0.6) is 0 Å². The number of ether oxygens (including phenoxy) is 4. The molecule has 5 heterocycles. The van der Waals surface area contributed by atoms with Crippen LogP contribution in [0.1, 0.15) is 26.7 Å². The van der Waals surface area contributed by atoms with Crippen LogP contribution in [0.4, 0.5) is 0 Å². The molecule has 0 aromatic carbocycles. The molecule has 6 atom stereocenters. The van der Waals surface area contributed by atoms with Crippen molar-refractivity contribution < 1.29 is 28.5 Å². The minimum Gasteiger partial charge on any atom is -0.460 e. The molecule has 18 heavy (non-hydrogen) atoms. The molecule has 0 aromatic rings. The highest BCUT2D eigenvalue weighted by Gasteiger charge is 2.58. The summed E-state index contributed by atoms with van der Waals surface area (Å²) < 4.78 is 22.1. The third-order valence-corrected chi connectivity index (χ3v) is 3.70. The lowest BCUT2D eigenvalue weighted by Gasteiger charge is -2.56. The number of fused-ring (bicyclic) bond motifs is 2. The molecule has 0 N–H and O–H groups in total. The topological polar surface area (TPSA) is 71.1 Å². The molecule has 5 fully saturated rings. The Kier molecular flexibility index (Phi) is 2.79. The van der Waals surface area contributed by atoms with Crippen LogP contribution in [0, 0.1) is 0 Å². The van der Waals surface area contributed by atoms with Gasteiger partial charge >= 0.3 is 11.9 Å². The number of carbonyl (C=O) groups is 2. The van der Waals surface area contributed by atoms with E-state index >= 15 is 0 Å². The van der Waals surface area contributed by atoms with Crippen molar-refractivity contribution in [3.63, 3.8) is 0 Å². The molecule has 6 nitrogen and oxygen atoms in total. The van der Waals surface area contributed by atoms with Gasteiger partial charge in [0.1, 0.15) is 24.4 Å². The minimum atomic E-state index is -0.323. The predicted molar refractivity (Wildman–Crippen MR) is 57.7 cm³/mol. The van der Waals surface area contributed by atoms with Gasteiger partial charge in [0, 0.05) is 26.7 Å². The van der Waals surface area contributed by atoms with Crippen LogP contribution in [0.25, 0.3) is 0 Å². The first-order valence-corrected chi connectivity index (χ1v) is 6.20. The summed E-state index contributed by atoms with van der Waals surface area (Å²) in [5, 5.41) is 0. The van der Waals surface area contributed by atoms with E-state index in [0.717, 1.165) is 0 Å². The van der Waals surface area contributed by atoms with Crippen LogP contribution in [-0.2, 0) is 28.5 Å². The third kappa shape index (κ3) is 1.89. The molecule has 100 valence electrons. The Balaban J connectivity index is 1.75. The zero-order chi connectivity index (χ0) is 12.9. The number of rotatable bonds is 2. The van der Waals surface area contributed by atoms with E-state index < -0.39 is 0 Å². The average molecular weight is 256 g/mol. The van der Waals surface area contributed by atoms with Gasteiger partial charge in [-0.3, -0.25) is 9.59 Å². The summed E-state index contributed by atoms with van der Waals surface area (Å²) in [6, 6.07) is 0. The molecule has 0 saturated carbocycles. The monoisotopic (exact) mass is 256 g/mol. The fraction of sp³-hybridized carbons (Fsp3) is 0.833. The van der Waals surface area contributed by atoms with Crippen LogP contribution >= 0.6 is 0 Å². The molecule has 6 heteroatoms. The zero-order valence-corrected chi connectivity index (χ0v) is 10.3. The van der Waals surface area contributed by atoms with Gasteiger partial charge in [0.05, 0.1) is 12.2 Å². The van der Waals surface area contributed by atoms with Gasteiger partial charge in [0.2, 0.25) is 0 Å². The molecule has 5 rings (SSSR count). The summed E-state index contributed by atoms with van der Waals surface area (Å²) in [5.41, 5.74) is 0. The third-order valence-electron chi connectivity index (χ3n) is 3.70. The molecule has 0 aliphatic carbocycles. The van der Waals surface area contributed by atoms with E-state index in [0.29, 0.717) is 12.8 Å². The van der Waals surface area contributed by atoms with Crippen molar-refractivity contribution in [3.8, 4) is 0 Å². The van der Waals surface area contributed by atoms with E-state index in [1.807, 2.05) is 0 Å². The highest BCUT2D eigenvalue weighted by atomic mass is 16.7. The smallest absolute Gasteiger partial charge is 0.302 e. The van der Waals surface area contributed by atoms with Crippen molar-refractivity contribution in [2.24, 2.45) is 0 Å². The van der Waals surface area contributed by atoms with Gasteiger partial charge in [0.25, 0.3) is 0 Å². The molecule has 0 amide bonds. The zero-order valence-electron chi connectivity index (χ0n) is 10.3. The van der Waals surface area contributed by atoms with Crippen molar-refractivity contribution in [2.45, 2.75) is 63.3 Å². The van der Waals surface area contributed by atoms with Crippen molar-refractivity contribution in [1.82, 2.24) is 0 Å². The van der Waals surface area contributed by atoms with E-state index in [2.05, 4.69) is 0 Å². The maximum Gasteiger partial charge on any atom is 0.302 e. The molecule has 5 aliphatic rings. The highest BCUT2D eigenvalue weighted by Crippen LogP contribution is 2.44. The quantitative estimate of drug-likeness (QED) is 0.656. The number of esters is 2. The van der Waals surface area contributed by atoms with Crippen LogP contribution in [0.2, 0.25) is 0 Å². The normalized spacial score (nSPS) is 44.8. The fourth-order valence-electron chi connectivity index (χ4n) is 3.13. The standard InChI is InChI=1S/C12H16O6/c1-5(13)15-9-3-7-8-4-10(16-6(2)14)12(18-7)11(9)17-8/h7-12H,3-4H2,1-2H3. The van der Waals surface area contributed by atoms with Gasteiger partial charge in [-0.05, 0) is 0 Å². The molecular formula is C12H16O6. The fourth-order valence-corrected chi connectivity index (χ4v) is 3.13. The molecule has 5 saturated heterocycles. The first-order chi connectivity index (χ1) is 8.54. The van der Waals surface area contributed by atoms with E-state index in [1.54, 1.807) is 0 Å². The van der Waals surface area contributed by atoms with Crippen LogP contribution < -0.4 is 0 Å². The highest BCUT2D eigenvalue weighted by molar-refractivity contribution is 5.66. The second kappa shape index (κ2) is 4.20. The van der Waals surface area contributed by atoms with Gasteiger partial charge in [-0.25, -0.2) is 0 Å². The lowest BCUT2D eigenvalue weighted by Crippen LogP contribution is -2.70. The molecule has 5 aliphatic heterocycles. The van der Waals surface area contributed by atoms with E-state index in [1.165, 1.54) is 13.8 Å². The molecule has 0 spiro atoms. The van der Waals surface area contributed by atoms with Crippen LogP contribution in [-0.4, -0.2) is 48.6 Å². The second-order valence-electron chi connectivity index (χ2n) is 5.05. The molecule has 0 radical (unpaired) electrons. The van der Waals surface area contributed by atoms with E-state index in [4.69, 9.17) is 18.9 Å². The van der Waals surface area contributed by atoms with Crippen LogP contribution in [0.3, 0.4) is 0 Å². The number of hydrogen-bond acceptors (Lipinski definition) is 6. The van der Waals surface area contributed by atoms with Crippen molar-refractivity contribution in [2.75, 3.05) is 0 Å². The Hall–Kier alpha value is -1.14. The minimum absolute atomic E-state index is 0.0591. The maximum atomic E-state index is 11.0. The molecule has 4 bridgehead atoms. The summed E-state index contributed by atoms with van der Waals surface area (Å²) in [6.07, 6.45) is -0.00538. The Bertz CT molecular complexity index is 345. The summed E-state index contributed by atoms with van der Waals surface area (Å²) in [6.45, 7) is 2.76. The molecule has 0 aromatic heterocycles. The summed E-state index contributed by atoms with van der Waals surface area (Å²) in [7, 11) is 0. The van der Waals surface area contributed by atoms with Gasteiger partial charge in [-0.15, -0.1) is 0 Å². The Morgan fingerprint density at radius 1 is 0.889 bits per heavy atom. The summed E-state index contributed by atoms with van der Waals surface area (Å²) in [5.74, 6) is -0.646. The lowest BCUT2D eigenvalue weighted by atomic mass is 9.80. The van der Waals surface area contributed by atoms with Gasteiger partial charge < -0.3 is 18.9 Å². The average Bonchev–Trinajstić information content (AvgIpc) is 2.27. The van der Waals surface area contributed by atoms with Gasteiger partial charge in [0.15, 0.2) is 0 Å². The van der Waals surface area contributed by atoms with E-state index in [-0.39, 0.29) is 48.6 Å². The lowest BCUT2D eigenvalue weighted by molar-refractivity contribution is -0.341. The Morgan fingerprint density at radius 3 is 1.56 bits per heavy atom. The van der Waals surface area contributed by atoms with E-state index in [9.17, 15) is 9.59 Å². The Labute approximate surface area is 105 Å². The van der Waals surface area contributed by atoms with Crippen molar-refractivity contribution >= 4 is 11.9 Å². The SMILES string of the molecule is CC(=O)OC1CC2OC3C(OC(C)=O)CC2OC13. The Morgan fingerprint density at radius 2 is 1.28 bits per heavy atom. The molecule has 6 unspecified atom stereocenters. The summed E-state index contributed by atoms with van der Waals surface area (Å²) in [4.78, 5) is 22.1. The number of carbonyl (C=O) groups excluding carboxylic acids is 2. The van der Waals surface area contributed by atoms with Crippen LogP contribution in [0.15, 0.2) is 0 Å². The predicted octanol–water partition coefficient (Wildman–Crippen LogP) is 0.178. The van der Waals surface area contributed by atoms with Crippen molar-refractivity contribution in [1.29, 1.82) is 0 Å². The first-order valence-electron chi connectivity index (χ1n) is 6.20. The molecular weight excluding hydrogens is 240 g/mol. The summed E-state index contributed by atoms with van der Waals surface area (Å²) >= 11 is 0. The largest absolute Gasteiger partial charge is 0.460 e. The second-order valence-corrected chi connectivity index (χ2v) is 5.05.